The highest BCUT2D eigenvalue weighted by Crippen LogP contribution is 2.24. The van der Waals surface area contributed by atoms with Gasteiger partial charge in [-0.1, -0.05) is 84.9 Å². The second kappa shape index (κ2) is 10.7. The van der Waals surface area contributed by atoms with Crippen molar-refractivity contribution >= 4 is 17.8 Å². The van der Waals surface area contributed by atoms with Gasteiger partial charge in [-0.25, -0.2) is 9.59 Å². The van der Waals surface area contributed by atoms with Crippen LogP contribution >= 0.6 is 0 Å². The lowest BCUT2D eigenvalue weighted by Crippen LogP contribution is -2.41. The highest BCUT2D eigenvalue weighted by molar-refractivity contribution is 5.96. The molecule has 3 rings (SSSR count). The first-order valence-electron chi connectivity index (χ1n) is 9.92. The van der Waals surface area contributed by atoms with Crippen LogP contribution in [0.4, 0.5) is 4.79 Å². The number of alkyl carbamates (subject to hydrolysis) is 1. The maximum Gasteiger partial charge on any atom is 0.408 e. The standard InChI is InChI=1S/C25H23NO5/c27-23(19-11-5-2-6-12-19)16-15-22(24(28)29)26-25(30)31-17-20-13-7-8-14-21(20)18-9-3-1-4-10-18/h1-14,22H,15-17H2,(H,26,30)(H,28,29). The Morgan fingerprint density at radius 1 is 0.839 bits per heavy atom. The first-order valence-corrected chi connectivity index (χ1v) is 9.92. The SMILES string of the molecule is O=C(NC(CCC(=O)c1ccccc1)C(=O)O)OCc1ccccc1-c1ccccc1. The molecule has 0 aliphatic carbocycles. The summed E-state index contributed by atoms with van der Waals surface area (Å²) in [5.74, 6) is -1.40. The normalized spacial score (nSPS) is 11.4. The molecule has 0 radical (unpaired) electrons. The summed E-state index contributed by atoms with van der Waals surface area (Å²) in [6.07, 6.45) is -0.876. The molecule has 0 fully saturated rings. The number of ether oxygens (including phenoxy) is 1. The van der Waals surface area contributed by atoms with Crippen molar-refractivity contribution in [1.29, 1.82) is 0 Å². The molecule has 2 N–H and O–H groups in total. The molecule has 0 saturated carbocycles. The van der Waals surface area contributed by atoms with E-state index in [-0.39, 0.29) is 25.2 Å². The molecular weight excluding hydrogens is 394 g/mol. The zero-order valence-corrected chi connectivity index (χ0v) is 16.9. The number of benzene rings is 3. The van der Waals surface area contributed by atoms with Gasteiger partial charge < -0.3 is 15.2 Å². The predicted molar refractivity (Wildman–Crippen MR) is 117 cm³/mol. The number of hydrogen-bond donors (Lipinski definition) is 2. The summed E-state index contributed by atoms with van der Waals surface area (Å²) in [6.45, 7) is -0.00775. The number of carboxylic acid groups (broad SMARTS) is 1. The fourth-order valence-corrected chi connectivity index (χ4v) is 3.17. The fraction of sp³-hybridized carbons (Fsp3) is 0.160. The fourth-order valence-electron chi connectivity index (χ4n) is 3.17. The number of ketones is 1. The van der Waals surface area contributed by atoms with Crippen LogP contribution in [-0.2, 0) is 16.1 Å². The van der Waals surface area contributed by atoms with Crippen molar-refractivity contribution in [2.45, 2.75) is 25.5 Å². The van der Waals surface area contributed by atoms with Crippen molar-refractivity contribution in [2.75, 3.05) is 0 Å². The van der Waals surface area contributed by atoms with Gasteiger partial charge in [0.25, 0.3) is 0 Å². The number of hydrogen-bond acceptors (Lipinski definition) is 4. The van der Waals surface area contributed by atoms with Gasteiger partial charge in [0.05, 0.1) is 0 Å². The van der Waals surface area contributed by atoms with Crippen molar-refractivity contribution in [1.82, 2.24) is 5.32 Å². The van der Waals surface area contributed by atoms with Gasteiger partial charge in [-0.2, -0.15) is 0 Å². The molecule has 3 aromatic rings. The summed E-state index contributed by atoms with van der Waals surface area (Å²) in [5, 5.41) is 11.7. The van der Waals surface area contributed by atoms with Crippen LogP contribution in [-0.4, -0.2) is 29.0 Å². The second-order valence-electron chi connectivity index (χ2n) is 6.96. The van der Waals surface area contributed by atoms with Gasteiger partial charge in [-0.15, -0.1) is 0 Å². The quantitative estimate of drug-likeness (QED) is 0.493. The number of carboxylic acids is 1. The average molecular weight is 417 g/mol. The molecule has 1 unspecified atom stereocenters. The maximum absolute atomic E-state index is 12.2. The molecule has 3 aromatic carbocycles. The molecule has 0 aliphatic heterocycles. The summed E-state index contributed by atoms with van der Waals surface area (Å²) < 4.78 is 5.26. The van der Waals surface area contributed by atoms with Gasteiger partial charge >= 0.3 is 12.1 Å². The van der Waals surface area contributed by atoms with Crippen molar-refractivity contribution < 1.29 is 24.2 Å². The van der Waals surface area contributed by atoms with Crippen molar-refractivity contribution in [3.8, 4) is 11.1 Å². The largest absolute Gasteiger partial charge is 0.480 e. The van der Waals surface area contributed by atoms with Crippen LogP contribution in [0.25, 0.3) is 11.1 Å². The first kappa shape index (κ1) is 21.8. The minimum atomic E-state index is -1.22. The minimum Gasteiger partial charge on any atom is -0.480 e. The number of carbonyl (C=O) groups excluding carboxylic acids is 2. The minimum absolute atomic E-state index is 0.00188. The number of nitrogens with one attached hydrogen (secondary N) is 1. The van der Waals surface area contributed by atoms with Gasteiger partial charge in [-0.3, -0.25) is 4.79 Å². The Morgan fingerprint density at radius 2 is 1.45 bits per heavy atom. The lowest BCUT2D eigenvalue weighted by Gasteiger charge is -2.15. The summed E-state index contributed by atoms with van der Waals surface area (Å²) in [6, 6.07) is 24.6. The summed E-state index contributed by atoms with van der Waals surface area (Å²) in [4.78, 5) is 35.9. The topological polar surface area (TPSA) is 92.7 Å². The molecule has 0 aliphatic rings. The van der Waals surface area contributed by atoms with E-state index >= 15 is 0 Å². The first-order chi connectivity index (χ1) is 15.0. The molecule has 6 nitrogen and oxygen atoms in total. The Hall–Kier alpha value is -3.93. The van der Waals surface area contributed by atoms with Gasteiger partial charge in [0, 0.05) is 12.0 Å². The zero-order chi connectivity index (χ0) is 22.1. The van der Waals surface area contributed by atoms with E-state index in [0.717, 1.165) is 16.7 Å². The van der Waals surface area contributed by atoms with Gasteiger partial charge in [-0.05, 0) is 23.1 Å². The Labute approximate surface area is 180 Å². The Balaban J connectivity index is 1.57. The van der Waals surface area contributed by atoms with Crippen LogP contribution in [0.3, 0.4) is 0 Å². The van der Waals surface area contributed by atoms with Crippen LogP contribution in [0.2, 0.25) is 0 Å². The van der Waals surface area contributed by atoms with Crippen LogP contribution in [0, 0.1) is 0 Å². The van der Waals surface area contributed by atoms with Crippen molar-refractivity contribution in [2.24, 2.45) is 0 Å². The second-order valence-corrected chi connectivity index (χ2v) is 6.96. The lowest BCUT2D eigenvalue weighted by atomic mass is 10.0. The molecule has 0 aromatic heterocycles. The number of amides is 1. The van der Waals surface area contributed by atoms with E-state index in [4.69, 9.17) is 4.74 Å². The summed E-state index contributed by atoms with van der Waals surface area (Å²) >= 11 is 0. The summed E-state index contributed by atoms with van der Waals surface area (Å²) in [7, 11) is 0. The maximum atomic E-state index is 12.2. The molecule has 31 heavy (non-hydrogen) atoms. The van der Waals surface area contributed by atoms with Gasteiger partial charge in [0.2, 0.25) is 0 Å². The van der Waals surface area contributed by atoms with E-state index in [9.17, 15) is 19.5 Å². The Bertz CT molecular complexity index is 1030. The Kier molecular flexibility index (Phi) is 7.54. The van der Waals surface area contributed by atoms with E-state index in [0.29, 0.717) is 5.56 Å². The van der Waals surface area contributed by atoms with E-state index in [1.165, 1.54) is 0 Å². The van der Waals surface area contributed by atoms with E-state index in [1.54, 1.807) is 30.3 Å². The number of rotatable bonds is 9. The van der Waals surface area contributed by atoms with Crippen LogP contribution < -0.4 is 5.32 Å². The monoisotopic (exact) mass is 417 g/mol. The number of Topliss-reactive ketones (excluding diaryl/α,β-unsaturated/α-hetero) is 1. The van der Waals surface area contributed by atoms with E-state index in [1.807, 2.05) is 54.6 Å². The third-order valence-corrected chi connectivity index (χ3v) is 4.81. The highest BCUT2D eigenvalue weighted by atomic mass is 16.5. The van der Waals surface area contributed by atoms with Crippen LogP contribution in [0.15, 0.2) is 84.9 Å². The molecular formula is C25H23NO5. The van der Waals surface area contributed by atoms with Gasteiger partial charge in [0.15, 0.2) is 5.78 Å². The summed E-state index contributed by atoms with van der Waals surface area (Å²) in [5.41, 5.74) is 3.23. The third-order valence-electron chi connectivity index (χ3n) is 4.81. The molecule has 6 heteroatoms. The molecule has 0 heterocycles. The van der Waals surface area contributed by atoms with Crippen molar-refractivity contribution in [3.63, 3.8) is 0 Å². The molecule has 0 spiro atoms. The van der Waals surface area contributed by atoms with E-state index < -0.39 is 18.1 Å². The molecule has 158 valence electrons. The van der Waals surface area contributed by atoms with Crippen LogP contribution in [0.5, 0.6) is 0 Å². The zero-order valence-electron chi connectivity index (χ0n) is 16.9. The van der Waals surface area contributed by atoms with Gasteiger partial charge in [0.1, 0.15) is 12.6 Å². The smallest absolute Gasteiger partial charge is 0.408 e. The molecule has 1 atom stereocenters. The number of carbonyl (C=O) groups is 3. The van der Waals surface area contributed by atoms with Crippen molar-refractivity contribution in [3.05, 3.63) is 96.1 Å². The lowest BCUT2D eigenvalue weighted by molar-refractivity contribution is -0.139. The highest BCUT2D eigenvalue weighted by Gasteiger charge is 2.22. The van der Waals surface area contributed by atoms with Crippen LogP contribution in [0.1, 0.15) is 28.8 Å². The molecule has 0 saturated heterocycles. The third kappa shape index (κ3) is 6.27. The number of aliphatic carboxylic acids is 1. The average Bonchev–Trinajstić information content (AvgIpc) is 2.81. The van der Waals surface area contributed by atoms with E-state index in [2.05, 4.69) is 5.32 Å². The molecule has 0 bridgehead atoms. The Morgan fingerprint density at radius 3 is 2.13 bits per heavy atom. The molecule has 1 amide bonds. The predicted octanol–water partition coefficient (Wildman–Crippen LogP) is 4.70.